The Morgan fingerprint density at radius 1 is 0.857 bits per heavy atom. The van der Waals surface area contributed by atoms with Crippen molar-refractivity contribution in [1.29, 1.82) is 0 Å². The van der Waals surface area contributed by atoms with Crippen molar-refractivity contribution >= 4 is 5.91 Å². The summed E-state index contributed by atoms with van der Waals surface area (Å²) in [6.45, 7) is 0.170. The van der Waals surface area contributed by atoms with E-state index in [1.165, 1.54) is 4.90 Å². The summed E-state index contributed by atoms with van der Waals surface area (Å²) < 4.78 is 0. The molecule has 2 aromatic carbocycles. The molecule has 0 heterocycles. The average molecular weight is 285 g/mol. The van der Waals surface area contributed by atoms with Crippen molar-refractivity contribution in [1.82, 2.24) is 4.90 Å². The van der Waals surface area contributed by atoms with Crippen LogP contribution in [-0.2, 0) is 0 Å². The zero-order valence-corrected chi connectivity index (χ0v) is 11.8. The quantitative estimate of drug-likeness (QED) is 0.850. The van der Waals surface area contributed by atoms with Crippen LogP contribution in [0.3, 0.4) is 0 Å². The minimum Gasteiger partial charge on any atom is -0.395 e. The van der Waals surface area contributed by atoms with Gasteiger partial charge >= 0.3 is 0 Å². The SMILES string of the molecule is O=C(c1ccccc1-c1ccccc1)N(CCO)CCO. The maximum absolute atomic E-state index is 12.6. The molecule has 2 N–H and O–H groups in total. The van der Waals surface area contributed by atoms with Gasteiger partial charge in [-0.1, -0.05) is 48.5 Å². The lowest BCUT2D eigenvalue weighted by Crippen LogP contribution is -2.36. The minimum atomic E-state index is -0.183. The van der Waals surface area contributed by atoms with Crippen LogP contribution in [0.5, 0.6) is 0 Å². The van der Waals surface area contributed by atoms with Gasteiger partial charge in [0.1, 0.15) is 0 Å². The van der Waals surface area contributed by atoms with Crippen LogP contribution >= 0.6 is 0 Å². The van der Waals surface area contributed by atoms with Crippen molar-refractivity contribution in [3.05, 3.63) is 60.2 Å². The number of hydrogen-bond acceptors (Lipinski definition) is 3. The molecule has 2 aromatic rings. The molecule has 4 nitrogen and oxygen atoms in total. The maximum atomic E-state index is 12.6. The van der Waals surface area contributed by atoms with Gasteiger partial charge < -0.3 is 15.1 Å². The summed E-state index contributed by atoms with van der Waals surface area (Å²) in [6, 6.07) is 17.1. The highest BCUT2D eigenvalue weighted by Gasteiger charge is 2.18. The molecule has 4 heteroatoms. The van der Waals surface area contributed by atoms with Crippen LogP contribution in [0.25, 0.3) is 11.1 Å². The zero-order valence-electron chi connectivity index (χ0n) is 11.8. The smallest absolute Gasteiger partial charge is 0.254 e. The van der Waals surface area contributed by atoms with E-state index in [0.717, 1.165) is 11.1 Å². The van der Waals surface area contributed by atoms with E-state index in [9.17, 15) is 4.79 Å². The molecule has 21 heavy (non-hydrogen) atoms. The summed E-state index contributed by atoms with van der Waals surface area (Å²) in [4.78, 5) is 14.1. The molecule has 2 rings (SSSR count). The summed E-state index contributed by atoms with van der Waals surface area (Å²) in [7, 11) is 0. The Kier molecular flexibility index (Phi) is 5.49. The van der Waals surface area contributed by atoms with Gasteiger partial charge in [0, 0.05) is 18.7 Å². The number of carbonyl (C=O) groups is 1. The summed E-state index contributed by atoms with van der Waals surface area (Å²) in [5.74, 6) is -0.183. The highest BCUT2D eigenvalue weighted by molar-refractivity contribution is 6.00. The fourth-order valence-corrected chi connectivity index (χ4v) is 2.27. The average Bonchev–Trinajstić information content (AvgIpc) is 2.55. The largest absolute Gasteiger partial charge is 0.395 e. The van der Waals surface area contributed by atoms with E-state index in [0.29, 0.717) is 5.56 Å². The molecule has 0 aliphatic carbocycles. The monoisotopic (exact) mass is 285 g/mol. The molecule has 0 saturated carbocycles. The number of hydrogen-bond donors (Lipinski definition) is 2. The number of aliphatic hydroxyl groups excluding tert-OH is 2. The van der Waals surface area contributed by atoms with E-state index < -0.39 is 0 Å². The number of nitrogens with zero attached hydrogens (tertiary/aromatic N) is 1. The summed E-state index contributed by atoms with van der Waals surface area (Å²) >= 11 is 0. The van der Waals surface area contributed by atoms with Crippen LogP contribution in [0.15, 0.2) is 54.6 Å². The Bertz CT molecular complexity index is 578. The Hall–Kier alpha value is -2.17. The number of benzene rings is 2. The van der Waals surface area contributed by atoms with Crippen molar-refractivity contribution in [2.45, 2.75) is 0 Å². The molecule has 1 amide bonds. The first kappa shape index (κ1) is 15.2. The number of rotatable bonds is 6. The van der Waals surface area contributed by atoms with Crippen molar-refractivity contribution in [3.63, 3.8) is 0 Å². The molecule has 0 aliphatic rings. The van der Waals surface area contributed by atoms with Crippen LogP contribution < -0.4 is 0 Å². The normalized spacial score (nSPS) is 10.4. The molecule has 0 fully saturated rings. The molecule has 0 spiro atoms. The van der Waals surface area contributed by atoms with Gasteiger partial charge in [-0.25, -0.2) is 0 Å². The zero-order chi connectivity index (χ0) is 15.1. The number of aliphatic hydroxyl groups is 2. The molecule has 110 valence electrons. The van der Waals surface area contributed by atoms with Crippen LogP contribution in [0.1, 0.15) is 10.4 Å². The first-order valence-corrected chi connectivity index (χ1v) is 6.93. The van der Waals surface area contributed by atoms with E-state index >= 15 is 0 Å². The first-order valence-electron chi connectivity index (χ1n) is 6.93. The summed E-state index contributed by atoms with van der Waals surface area (Å²) in [6.07, 6.45) is 0. The van der Waals surface area contributed by atoms with Crippen LogP contribution in [-0.4, -0.2) is 47.3 Å². The lowest BCUT2D eigenvalue weighted by Gasteiger charge is -2.22. The molecule has 0 saturated heterocycles. The van der Waals surface area contributed by atoms with Gasteiger partial charge in [-0.15, -0.1) is 0 Å². The molecular weight excluding hydrogens is 266 g/mol. The van der Waals surface area contributed by atoms with Crippen LogP contribution in [0.4, 0.5) is 0 Å². The Morgan fingerprint density at radius 2 is 1.43 bits per heavy atom. The fraction of sp³-hybridized carbons (Fsp3) is 0.235. The molecule has 0 atom stereocenters. The molecule has 0 aliphatic heterocycles. The summed E-state index contributed by atoms with van der Waals surface area (Å²) in [5.41, 5.74) is 2.39. The van der Waals surface area contributed by atoms with E-state index in [-0.39, 0.29) is 32.2 Å². The van der Waals surface area contributed by atoms with Gasteiger partial charge in [0.25, 0.3) is 5.91 Å². The van der Waals surface area contributed by atoms with Crippen LogP contribution in [0.2, 0.25) is 0 Å². The lowest BCUT2D eigenvalue weighted by atomic mass is 9.99. The van der Waals surface area contributed by atoms with E-state index in [1.807, 2.05) is 48.5 Å². The van der Waals surface area contributed by atoms with E-state index in [4.69, 9.17) is 10.2 Å². The molecule has 0 bridgehead atoms. The van der Waals surface area contributed by atoms with Crippen molar-refractivity contribution in [3.8, 4) is 11.1 Å². The fourth-order valence-electron chi connectivity index (χ4n) is 2.27. The Balaban J connectivity index is 2.37. The van der Waals surface area contributed by atoms with Crippen molar-refractivity contribution in [2.75, 3.05) is 26.3 Å². The lowest BCUT2D eigenvalue weighted by molar-refractivity contribution is 0.0685. The predicted octanol–water partition coefficient (Wildman–Crippen LogP) is 1.78. The Morgan fingerprint density at radius 3 is 2.05 bits per heavy atom. The third-order valence-corrected chi connectivity index (χ3v) is 3.27. The molecule has 0 aromatic heterocycles. The molecule has 0 unspecified atom stereocenters. The molecule has 0 radical (unpaired) electrons. The number of carbonyl (C=O) groups excluding carboxylic acids is 1. The topological polar surface area (TPSA) is 60.8 Å². The second kappa shape index (κ2) is 7.57. The number of amides is 1. The second-order valence-electron chi connectivity index (χ2n) is 4.65. The van der Waals surface area contributed by atoms with E-state index in [1.54, 1.807) is 6.07 Å². The third kappa shape index (κ3) is 3.68. The third-order valence-electron chi connectivity index (χ3n) is 3.27. The van der Waals surface area contributed by atoms with Crippen molar-refractivity contribution < 1.29 is 15.0 Å². The van der Waals surface area contributed by atoms with E-state index in [2.05, 4.69) is 0 Å². The first-order chi connectivity index (χ1) is 10.3. The highest BCUT2D eigenvalue weighted by atomic mass is 16.3. The van der Waals surface area contributed by atoms with Gasteiger partial charge in [-0.3, -0.25) is 4.79 Å². The van der Waals surface area contributed by atoms with Crippen molar-refractivity contribution in [2.24, 2.45) is 0 Å². The maximum Gasteiger partial charge on any atom is 0.254 e. The summed E-state index contributed by atoms with van der Waals surface area (Å²) in [5, 5.41) is 18.1. The Labute approximate surface area is 124 Å². The standard InChI is InChI=1S/C17H19NO3/c19-12-10-18(11-13-20)17(21)16-9-5-4-8-15(16)14-6-2-1-3-7-14/h1-9,19-20H,10-13H2. The van der Waals surface area contributed by atoms with Gasteiger partial charge in [-0.05, 0) is 17.2 Å². The van der Waals surface area contributed by atoms with Gasteiger partial charge in [0.05, 0.1) is 13.2 Å². The molecular formula is C17H19NO3. The second-order valence-corrected chi connectivity index (χ2v) is 4.65. The van der Waals surface area contributed by atoms with Gasteiger partial charge in [-0.2, -0.15) is 0 Å². The van der Waals surface area contributed by atoms with Gasteiger partial charge in [0.2, 0.25) is 0 Å². The predicted molar refractivity (Wildman–Crippen MR) is 82.0 cm³/mol. The minimum absolute atomic E-state index is 0.126. The van der Waals surface area contributed by atoms with Gasteiger partial charge in [0.15, 0.2) is 0 Å². The van der Waals surface area contributed by atoms with Crippen LogP contribution in [0, 0.1) is 0 Å². The highest BCUT2D eigenvalue weighted by Crippen LogP contribution is 2.24.